The normalized spacial score (nSPS) is 14.5. The minimum atomic E-state index is -4.35. The van der Waals surface area contributed by atoms with Crippen LogP contribution < -0.4 is 5.56 Å². The largest absolute Gasteiger partial charge is 0.416 e. The Morgan fingerprint density at radius 3 is 2.55 bits per heavy atom. The third-order valence-electron chi connectivity index (χ3n) is 5.42. The van der Waals surface area contributed by atoms with Crippen molar-refractivity contribution in [3.05, 3.63) is 81.2 Å². The molecular formula is C23H23F3N4O. The number of fused-ring (bicyclic) bond motifs is 1. The lowest BCUT2D eigenvalue weighted by Gasteiger charge is -2.27. The molecule has 0 amide bonds. The third-order valence-corrected chi connectivity index (χ3v) is 5.42. The summed E-state index contributed by atoms with van der Waals surface area (Å²) in [7, 11) is 0. The molecule has 0 atom stereocenters. The minimum Gasteiger partial charge on any atom is -0.310 e. The molecule has 4 rings (SSSR count). The van der Waals surface area contributed by atoms with Crippen LogP contribution in [0.15, 0.2) is 47.4 Å². The van der Waals surface area contributed by atoms with Gasteiger partial charge in [0.05, 0.1) is 22.5 Å². The highest BCUT2D eigenvalue weighted by Crippen LogP contribution is 2.30. The molecular weight excluding hydrogens is 405 g/mol. The van der Waals surface area contributed by atoms with Gasteiger partial charge in [0, 0.05) is 44.2 Å². The Kier molecular flexibility index (Phi) is 5.91. The number of aromatic nitrogens is 3. The Morgan fingerprint density at radius 1 is 1.13 bits per heavy atom. The highest BCUT2D eigenvalue weighted by atomic mass is 19.4. The SMILES string of the molecule is CCCc1nc2c(c(=O)[nH]1)CN(Cc1ccc(-c3ccc(C(F)(F)F)cc3)nc1)CC2. The number of hydrogen-bond acceptors (Lipinski definition) is 4. The van der Waals surface area contributed by atoms with Gasteiger partial charge in [-0.2, -0.15) is 13.2 Å². The lowest BCUT2D eigenvalue weighted by molar-refractivity contribution is -0.137. The lowest BCUT2D eigenvalue weighted by Crippen LogP contribution is -2.35. The summed E-state index contributed by atoms with van der Waals surface area (Å²) in [5.74, 6) is 0.753. The monoisotopic (exact) mass is 428 g/mol. The predicted molar refractivity (Wildman–Crippen MR) is 111 cm³/mol. The number of halogens is 3. The van der Waals surface area contributed by atoms with Crippen molar-refractivity contribution >= 4 is 0 Å². The number of H-pyrrole nitrogens is 1. The van der Waals surface area contributed by atoms with Gasteiger partial charge in [-0.3, -0.25) is 14.7 Å². The van der Waals surface area contributed by atoms with Crippen molar-refractivity contribution in [3.63, 3.8) is 0 Å². The Morgan fingerprint density at radius 2 is 1.90 bits per heavy atom. The van der Waals surface area contributed by atoms with Crippen LogP contribution >= 0.6 is 0 Å². The molecule has 0 unspecified atom stereocenters. The molecule has 1 aliphatic heterocycles. The molecule has 31 heavy (non-hydrogen) atoms. The van der Waals surface area contributed by atoms with Crippen molar-refractivity contribution < 1.29 is 13.2 Å². The first-order valence-electron chi connectivity index (χ1n) is 10.3. The van der Waals surface area contributed by atoms with E-state index in [-0.39, 0.29) is 5.56 Å². The van der Waals surface area contributed by atoms with Crippen LogP contribution in [-0.2, 0) is 32.1 Å². The van der Waals surface area contributed by atoms with Crippen LogP contribution in [0.5, 0.6) is 0 Å². The van der Waals surface area contributed by atoms with Gasteiger partial charge in [-0.1, -0.05) is 25.1 Å². The number of nitrogens with zero attached hydrogens (tertiary/aromatic N) is 3. The molecule has 8 heteroatoms. The van der Waals surface area contributed by atoms with Gasteiger partial charge in [-0.05, 0) is 30.2 Å². The van der Waals surface area contributed by atoms with E-state index in [9.17, 15) is 18.0 Å². The van der Waals surface area contributed by atoms with E-state index >= 15 is 0 Å². The molecule has 0 radical (unpaired) electrons. The number of benzene rings is 1. The summed E-state index contributed by atoms with van der Waals surface area (Å²) in [6.45, 7) is 4.02. The molecule has 0 fully saturated rings. The smallest absolute Gasteiger partial charge is 0.310 e. The standard InChI is InChI=1S/C23H23F3N4O/c1-2-3-21-28-20-10-11-30(14-18(20)22(31)29-21)13-15-4-9-19(27-12-15)16-5-7-17(8-6-16)23(24,25)26/h4-9,12H,2-3,10-11,13-14H2,1H3,(H,28,29,31). The van der Waals surface area contributed by atoms with E-state index in [1.807, 2.05) is 6.07 Å². The van der Waals surface area contributed by atoms with Crippen LogP contribution in [0.25, 0.3) is 11.3 Å². The van der Waals surface area contributed by atoms with Gasteiger partial charge in [0.15, 0.2) is 0 Å². The minimum absolute atomic E-state index is 0.0612. The zero-order chi connectivity index (χ0) is 22.0. The van der Waals surface area contributed by atoms with E-state index in [1.165, 1.54) is 12.1 Å². The first-order chi connectivity index (χ1) is 14.8. The van der Waals surface area contributed by atoms with Crippen molar-refractivity contribution in [2.45, 2.75) is 45.5 Å². The van der Waals surface area contributed by atoms with Crippen molar-refractivity contribution in [2.75, 3.05) is 6.54 Å². The maximum absolute atomic E-state index is 12.7. The van der Waals surface area contributed by atoms with Gasteiger partial charge in [0.25, 0.3) is 5.56 Å². The van der Waals surface area contributed by atoms with Crippen LogP contribution in [-0.4, -0.2) is 26.4 Å². The van der Waals surface area contributed by atoms with Crippen molar-refractivity contribution in [3.8, 4) is 11.3 Å². The Balaban J connectivity index is 1.44. The highest BCUT2D eigenvalue weighted by Gasteiger charge is 2.30. The van der Waals surface area contributed by atoms with Crippen LogP contribution in [0.3, 0.4) is 0 Å². The Bertz CT molecular complexity index is 1110. The molecule has 162 valence electrons. The molecule has 3 heterocycles. The first kappa shape index (κ1) is 21.2. The van der Waals surface area contributed by atoms with E-state index in [0.717, 1.165) is 60.6 Å². The quantitative estimate of drug-likeness (QED) is 0.656. The molecule has 3 aromatic rings. The maximum atomic E-state index is 12.7. The van der Waals surface area contributed by atoms with Crippen LogP contribution in [0, 0.1) is 0 Å². The zero-order valence-corrected chi connectivity index (χ0v) is 17.2. The molecule has 5 nitrogen and oxygen atoms in total. The molecule has 0 saturated carbocycles. The summed E-state index contributed by atoms with van der Waals surface area (Å²) in [5, 5.41) is 0. The molecule has 0 bridgehead atoms. The summed E-state index contributed by atoms with van der Waals surface area (Å²) < 4.78 is 38.2. The van der Waals surface area contributed by atoms with E-state index in [2.05, 4.69) is 26.8 Å². The second-order valence-electron chi connectivity index (χ2n) is 7.78. The molecule has 2 aromatic heterocycles. The number of aromatic amines is 1. The fourth-order valence-electron chi connectivity index (χ4n) is 3.80. The fraction of sp³-hybridized carbons (Fsp3) is 0.348. The summed E-state index contributed by atoms with van der Waals surface area (Å²) in [4.78, 5) is 26.5. The first-order valence-corrected chi connectivity index (χ1v) is 10.3. The summed E-state index contributed by atoms with van der Waals surface area (Å²) in [6.07, 6.45) is -0.188. The number of alkyl halides is 3. The number of aryl methyl sites for hydroxylation is 1. The van der Waals surface area contributed by atoms with E-state index in [0.29, 0.717) is 24.3 Å². The summed E-state index contributed by atoms with van der Waals surface area (Å²) in [6, 6.07) is 8.71. The van der Waals surface area contributed by atoms with Crippen molar-refractivity contribution in [1.82, 2.24) is 19.9 Å². The number of pyridine rings is 1. The van der Waals surface area contributed by atoms with Gasteiger partial charge in [0.2, 0.25) is 0 Å². The van der Waals surface area contributed by atoms with Gasteiger partial charge in [-0.15, -0.1) is 0 Å². The van der Waals surface area contributed by atoms with E-state index in [1.54, 1.807) is 12.3 Å². The second kappa shape index (κ2) is 8.63. The maximum Gasteiger partial charge on any atom is 0.416 e. The molecule has 1 aromatic carbocycles. The number of rotatable bonds is 5. The second-order valence-corrected chi connectivity index (χ2v) is 7.78. The average molecular weight is 428 g/mol. The molecule has 1 N–H and O–H groups in total. The van der Waals surface area contributed by atoms with Gasteiger partial charge in [0.1, 0.15) is 5.82 Å². The average Bonchev–Trinajstić information content (AvgIpc) is 2.74. The Hall–Kier alpha value is -3.00. The molecule has 0 spiro atoms. The van der Waals surface area contributed by atoms with Gasteiger partial charge in [-0.25, -0.2) is 4.98 Å². The third kappa shape index (κ3) is 4.85. The number of hydrogen-bond donors (Lipinski definition) is 1. The van der Waals surface area contributed by atoms with Gasteiger partial charge < -0.3 is 4.98 Å². The highest BCUT2D eigenvalue weighted by molar-refractivity contribution is 5.59. The van der Waals surface area contributed by atoms with Crippen molar-refractivity contribution in [1.29, 1.82) is 0 Å². The molecule has 0 aliphatic carbocycles. The summed E-state index contributed by atoms with van der Waals surface area (Å²) in [5.41, 5.74) is 3.10. The lowest BCUT2D eigenvalue weighted by atomic mass is 10.1. The fourth-order valence-corrected chi connectivity index (χ4v) is 3.80. The summed E-state index contributed by atoms with van der Waals surface area (Å²) >= 11 is 0. The number of nitrogens with one attached hydrogen (secondary N) is 1. The van der Waals surface area contributed by atoms with E-state index < -0.39 is 11.7 Å². The van der Waals surface area contributed by atoms with Crippen LogP contribution in [0.4, 0.5) is 13.2 Å². The van der Waals surface area contributed by atoms with Crippen molar-refractivity contribution in [2.24, 2.45) is 0 Å². The topological polar surface area (TPSA) is 61.9 Å². The zero-order valence-electron chi connectivity index (χ0n) is 17.2. The van der Waals surface area contributed by atoms with Crippen LogP contribution in [0.1, 0.15) is 41.6 Å². The van der Waals surface area contributed by atoms with Crippen LogP contribution in [0.2, 0.25) is 0 Å². The molecule has 0 saturated heterocycles. The van der Waals surface area contributed by atoms with Gasteiger partial charge >= 0.3 is 6.18 Å². The molecule has 1 aliphatic rings. The Labute approximate surface area is 178 Å². The predicted octanol–water partition coefficient (Wildman–Crippen LogP) is 4.36. The van der Waals surface area contributed by atoms with E-state index in [4.69, 9.17) is 0 Å².